The van der Waals surface area contributed by atoms with Gasteiger partial charge in [-0.2, -0.15) is 4.31 Å². The number of sulfonamides is 1. The molecule has 2 aliphatic rings. The predicted molar refractivity (Wildman–Crippen MR) is 147 cm³/mol. The Morgan fingerprint density at radius 2 is 1.77 bits per heavy atom. The Morgan fingerprint density at radius 1 is 1.13 bits per heavy atom. The molecule has 0 saturated carbocycles. The molecule has 0 aliphatic carbocycles. The van der Waals surface area contributed by atoms with Crippen molar-refractivity contribution in [1.82, 2.24) is 14.1 Å². The second-order valence-corrected chi connectivity index (χ2v) is 12.9. The second kappa shape index (κ2) is 11.6. The number of carbonyl (C=O) groups is 3. The monoisotopic (exact) mass is 578 g/mol. The lowest BCUT2D eigenvalue weighted by molar-refractivity contribution is -0.0440. The third-order valence-electron chi connectivity index (χ3n) is 6.57. The molecule has 4 rings (SSSR count). The van der Waals surface area contributed by atoms with E-state index in [0.717, 1.165) is 10.4 Å². The largest absolute Gasteiger partial charge is 0.450 e. The number of amides is 3. The lowest BCUT2D eigenvalue weighted by atomic mass is 10.0. The van der Waals surface area contributed by atoms with E-state index in [1.54, 1.807) is 25.9 Å². The van der Waals surface area contributed by atoms with Gasteiger partial charge in [-0.1, -0.05) is 0 Å². The molecule has 212 valence electrons. The Kier molecular flexibility index (Phi) is 8.64. The molecule has 1 N–H and O–H groups in total. The van der Waals surface area contributed by atoms with Gasteiger partial charge in [0.15, 0.2) is 0 Å². The summed E-state index contributed by atoms with van der Waals surface area (Å²) < 4.78 is 38.5. The summed E-state index contributed by atoms with van der Waals surface area (Å²) in [5.41, 5.74) is 1.47. The molecule has 11 nitrogen and oxygen atoms in total. The number of rotatable bonds is 6. The minimum atomic E-state index is -3.74. The SMILES string of the molecule is CCOC(=O)N1CCc2c(sc(NC(=O)c3ccc(S(=O)(=O)N4CC(C)OC(C)C4)cc3)c2C(=O)N(C)C)C1. The number of nitrogens with one attached hydrogen (secondary N) is 1. The van der Waals surface area contributed by atoms with E-state index >= 15 is 0 Å². The van der Waals surface area contributed by atoms with Crippen molar-refractivity contribution in [2.24, 2.45) is 0 Å². The van der Waals surface area contributed by atoms with Crippen molar-refractivity contribution in [3.8, 4) is 0 Å². The molecule has 0 spiro atoms. The highest BCUT2D eigenvalue weighted by Crippen LogP contribution is 2.38. The van der Waals surface area contributed by atoms with E-state index in [9.17, 15) is 22.8 Å². The molecule has 1 saturated heterocycles. The molecule has 2 aromatic rings. The lowest BCUT2D eigenvalue weighted by Crippen LogP contribution is -2.48. The van der Waals surface area contributed by atoms with Gasteiger partial charge in [0, 0.05) is 44.2 Å². The molecular formula is C26H34N4O7S2. The van der Waals surface area contributed by atoms with Crippen molar-refractivity contribution in [1.29, 1.82) is 0 Å². The van der Waals surface area contributed by atoms with Gasteiger partial charge in [0.2, 0.25) is 10.0 Å². The van der Waals surface area contributed by atoms with E-state index in [1.165, 1.54) is 44.8 Å². The molecule has 3 heterocycles. The number of thiophene rings is 1. The third-order valence-corrected chi connectivity index (χ3v) is 9.55. The third kappa shape index (κ3) is 6.11. The first-order valence-electron chi connectivity index (χ1n) is 12.8. The Hall–Kier alpha value is -3.00. The summed E-state index contributed by atoms with van der Waals surface area (Å²) >= 11 is 1.25. The van der Waals surface area contributed by atoms with Gasteiger partial charge in [0.05, 0.1) is 35.8 Å². The van der Waals surface area contributed by atoms with Crippen LogP contribution in [0.1, 0.15) is 51.9 Å². The van der Waals surface area contributed by atoms with Crippen molar-refractivity contribution in [2.75, 3.05) is 45.7 Å². The Bertz CT molecular complexity index is 1350. The molecule has 1 aromatic heterocycles. The molecule has 1 aromatic carbocycles. The number of benzene rings is 1. The zero-order valence-electron chi connectivity index (χ0n) is 22.7. The number of morpholine rings is 1. The summed E-state index contributed by atoms with van der Waals surface area (Å²) in [6.45, 7) is 6.88. The van der Waals surface area contributed by atoms with Crippen LogP contribution in [0.25, 0.3) is 0 Å². The van der Waals surface area contributed by atoms with Gasteiger partial charge in [-0.05, 0) is 57.0 Å². The minimum Gasteiger partial charge on any atom is -0.450 e. The number of anilines is 1. The van der Waals surface area contributed by atoms with Gasteiger partial charge in [0.25, 0.3) is 11.8 Å². The van der Waals surface area contributed by atoms with Crippen LogP contribution in [0.2, 0.25) is 0 Å². The van der Waals surface area contributed by atoms with Crippen LogP contribution in [0, 0.1) is 0 Å². The topological polar surface area (TPSA) is 126 Å². The van der Waals surface area contributed by atoms with Gasteiger partial charge < -0.3 is 24.6 Å². The Balaban J connectivity index is 1.56. The molecule has 2 atom stereocenters. The van der Waals surface area contributed by atoms with Crippen molar-refractivity contribution in [3.05, 3.63) is 45.8 Å². The first-order chi connectivity index (χ1) is 18.4. The summed E-state index contributed by atoms with van der Waals surface area (Å²) in [6, 6.07) is 5.74. The van der Waals surface area contributed by atoms with E-state index < -0.39 is 22.0 Å². The minimum absolute atomic E-state index is 0.0921. The van der Waals surface area contributed by atoms with Gasteiger partial charge in [-0.25, -0.2) is 13.2 Å². The molecule has 1 fully saturated rings. The zero-order chi connectivity index (χ0) is 28.5. The number of hydrogen-bond donors (Lipinski definition) is 1. The molecule has 0 bridgehead atoms. The van der Waals surface area contributed by atoms with E-state index in [1.807, 2.05) is 13.8 Å². The van der Waals surface area contributed by atoms with Crippen LogP contribution >= 0.6 is 11.3 Å². The molecule has 3 amide bonds. The highest BCUT2D eigenvalue weighted by Gasteiger charge is 2.33. The van der Waals surface area contributed by atoms with Gasteiger partial charge in [-0.15, -0.1) is 11.3 Å². The van der Waals surface area contributed by atoms with Crippen molar-refractivity contribution < 1.29 is 32.3 Å². The van der Waals surface area contributed by atoms with Crippen molar-refractivity contribution in [3.63, 3.8) is 0 Å². The highest BCUT2D eigenvalue weighted by molar-refractivity contribution is 7.89. The molecule has 0 radical (unpaired) electrons. The number of carbonyl (C=O) groups excluding carboxylic acids is 3. The highest BCUT2D eigenvalue weighted by atomic mass is 32.2. The van der Waals surface area contributed by atoms with Crippen LogP contribution in [0.15, 0.2) is 29.2 Å². The summed E-state index contributed by atoms with van der Waals surface area (Å²) in [5.74, 6) is -0.719. The van der Waals surface area contributed by atoms with Crippen LogP contribution in [0.4, 0.5) is 9.80 Å². The number of hydrogen-bond acceptors (Lipinski definition) is 8. The molecular weight excluding hydrogens is 544 g/mol. The maximum Gasteiger partial charge on any atom is 0.410 e. The van der Waals surface area contributed by atoms with E-state index in [4.69, 9.17) is 9.47 Å². The first kappa shape index (κ1) is 29.0. The quantitative estimate of drug-likeness (QED) is 0.559. The van der Waals surface area contributed by atoms with Crippen molar-refractivity contribution in [2.45, 2.75) is 50.8 Å². The summed E-state index contributed by atoms with van der Waals surface area (Å²) in [5, 5.41) is 3.23. The van der Waals surface area contributed by atoms with E-state index in [0.29, 0.717) is 23.5 Å². The smallest absolute Gasteiger partial charge is 0.410 e. The van der Waals surface area contributed by atoms with E-state index in [-0.39, 0.29) is 54.8 Å². The number of ether oxygens (including phenoxy) is 2. The van der Waals surface area contributed by atoms with Crippen LogP contribution in [0.3, 0.4) is 0 Å². The van der Waals surface area contributed by atoms with E-state index in [2.05, 4.69) is 5.32 Å². The second-order valence-electron chi connectivity index (χ2n) is 9.84. The van der Waals surface area contributed by atoms with Crippen molar-refractivity contribution >= 4 is 44.3 Å². The predicted octanol–water partition coefficient (Wildman–Crippen LogP) is 3.01. The molecule has 13 heteroatoms. The maximum atomic E-state index is 13.2. The maximum absolute atomic E-state index is 13.2. The zero-order valence-corrected chi connectivity index (χ0v) is 24.4. The number of nitrogens with zero attached hydrogens (tertiary/aromatic N) is 3. The Morgan fingerprint density at radius 3 is 2.36 bits per heavy atom. The fraction of sp³-hybridized carbons (Fsp3) is 0.500. The van der Waals surface area contributed by atoms with Gasteiger partial charge >= 0.3 is 6.09 Å². The van der Waals surface area contributed by atoms with Crippen LogP contribution in [-0.2, 0) is 32.5 Å². The summed E-state index contributed by atoms with van der Waals surface area (Å²) in [4.78, 5) is 42.4. The van der Waals surface area contributed by atoms with Gasteiger partial charge in [-0.3, -0.25) is 9.59 Å². The van der Waals surface area contributed by atoms with Crippen LogP contribution in [-0.4, -0.2) is 93.0 Å². The van der Waals surface area contributed by atoms with Crippen LogP contribution in [0.5, 0.6) is 0 Å². The fourth-order valence-electron chi connectivity index (χ4n) is 4.74. The molecule has 39 heavy (non-hydrogen) atoms. The summed E-state index contributed by atoms with van der Waals surface area (Å²) in [6.07, 6.45) is -0.387. The first-order valence-corrected chi connectivity index (χ1v) is 15.0. The average Bonchev–Trinajstić information content (AvgIpc) is 3.24. The molecule has 2 aliphatic heterocycles. The molecule has 2 unspecified atom stereocenters. The fourth-order valence-corrected chi connectivity index (χ4v) is 7.58. The van der Waals surface area contributed by atoms with Crippen LogP contribution < -0.4 is 5.32 Å². The standard InChI is InChI=1S/C26H34N4O7S2/c1-6-36-26(33)29-12-11-20-21(15-29)38-24(22(20)25(32)28(4)5)27-23(31)18-7-9-19(10-8-18)39(34,35)30-13-16(2)37-17(3)14-30/h7-10,16-17H,6,11-15H2,1-5H3,(H,27,31). The van der Waals surface area contributed by atoms with Gasteiger partial charge in [0.1, 0.15) is 5.00 Å². The number of fused-ring (bicyclic) bond motifs is 1. The Labute approximate surface area is 232 Å². The summed E-state index contributed by atoms with van der Waals surface area (Å²) in [7, 11) is -0.465. The lowest BCUT2D eigenvalue weighted by Gasteiger charge is -2.34. The average molecular weight is 579 g/mol. The normalized spacial score (nSPS) is 19.8.